The number of benzene rings is 1. The molecule has 21 heavy (non-hydrogen) atoms. The molecule has 0 fully saturated rings. The summed E-state index contributed by atoms with van der Waals surface area (Å²) in [5, 5.41) is 17.2. The van der Waals surface area contributed by atoms with Gasteiger partial charge in [-0.3, -0.25) is 0 Å². The van der Waals surface area contributed by atoms with Crippen molar-refractivity contribution in [2.75, 3.05) is 7.11 Å². The molecular formula is C14H17N3O4. The summed E-state index contributed by atoms with van der Waals surface area (Å²) in [6.45, 7) is 3.93. The van der Waals surface area contributed by atoms with Gasteiger partial charge in [0, 0.05) is 0 Å². The largest absolute Gasteiger partial charge is 0.478 e. The molecule has 0 aliphatic rings. The number of carboxylic acid groups (broad SMARTS) is 1. The van der Waals surface area contributed by atoms with E-state index >= 15 is 0 Å². The molecule has 2 aromatic rings. The van der Waals surface area contributed by atoms with E-state index in [-0.39, 0.29) is 11.5 Å². The van der Waals surface area contributed by atoms with Crippen molar-refractivity contribution in [1.82, 2.24) is 15.0 Å². The first kappa shape index (κ1) is 15.0. The topological polar surface area (TPSA) is 94.3 Å². The number of aromatic carboxylic acids is 1. The monoisotopic (exact) mass is 291 g/mol. The fourth-order valence-corrected chi connectivity index (χ4v) is 2.26. The summed E-state index contributed by atoms with van der Waals surface area (Å²) in [5.41, 5.74) is 0.837. The molecule has 1 aromatic carbocycles. The molecule has 0 saturated carbocycles. The Bertz CT molecular complexity index is 678. The van der Waals surface area contributed by atoms with E-state index in [2.05, 4.69) is 10.3 Å². The number of nitrogens with zero attached hydrogens (tertiary/aromatic N) is 3. The summed E-state index contributed by atoms with van der Waals surface area (Å²) in [7, 11) is 1.30. The average Bonchev–Trinajstić information content (AvgIpc) is 2.87. The fourth-order valence-electron chi connectivity index (χ4n) is 2.26. The number of esters is 1. The van der Waals surface area contributed by atoms with Crippen LogP contribution in [0.5, 0.6) is 0 Å². The van der Waals surface area contributed by atoms with E-state index in [0.717, 1.165) is 0 Å². The smallest absolute Gasteiger partial charge is 0.337 e. The van der Waals surface area contributed by atoms with Crippen LogP contribution in [-0.2, 0) is 9.53 Å². The number of rotatable bonds is 5. The van der Waals surface area contributed by atoms with Gasteiger partial charge in [0.15, 0.2) is 6.04 Å². The van der Waals surface area contributed by atoms with Gasteiger partial charge in [-0.1, -0.05) is 25.1 Å². The number of fused-ring (bicyclic) bond motifs is 1. The molecule has 1 aromatic heterocycles. The van der Waals surface area contributed by atoms with Crippen molar-refractivity contribution in [3.8, 4) is 0 Å². The Morgan fingerprint density at radius 1 is 1.38 bits per heavy atom. The summed E-state index contributed by atoms with van der Waals surface area (Å²) in [5.74, 6) is -1.33. The highest BCUT2D eigenvalue weighted by Gasteiger charge is 2.27. The molecular weight excluding hydrogens is 274 g/mol. The minimum absolute atomic E-state index is 0.0650. The first-order chi connectivity index (χ1) is 9.95. The van der Waals surface area contributed by atoms with Crippen LogP contribution in [0.1, 0.15) is 36.7 Å². The lowest BCUT2D eigenvalue weighted by Crippen LogP contribution is -2.24. The van der Waals surface area contributed by atoms with Gasteiger partial charge in [-0.05, 0) is 24.5 Å². The Hall–Kier alpha value is -2.44. The zero-order chi connectivity index (χ0) is 15.6. The normalized spacial score (nSPS) is 12.6. The molecule has 0 radical (unpaired) electrons. The highest BCUT2D eigenvalue weighted by molar-refractivity contribution is 6.01. The van der Waals surface area contributed by atoms with Crippen LogP contribution in [0.2, 0.25) is 0 Å². The van der Waals surface area contributed by atoms with Crippen LogP contribution in [0, 0.1) is 5.92 Å². The van der Waals surface area contributed by atoms with Crippen LogP contribution in [0.4, 0.5) is 0 Å². The lowest BCUT2D eigenvalue weighted by Gasteiger charge is -2.17. The molecule has 0 spiro atoms. The summed E-state index contributed by atoms with van der Waals surface area (Å²) in [6, 6.07) is 4.03. The third-order valence-electron chi connectivity index (χ3n) is 3.19. The first-order valence-electron chi connectivity index (χ1n) is 6.60. The Balaban J connectivity index is 2.62. The molecule has 0 aliphatic heterocycles. The number of carbonyl (C=O) groups is 2. The quantitative estimate of drug-likeness (QED) is 0.845. The Morgan fingerprint density at radius 3 is 2.67 bits per heavy atom. The second kappa shape index (κ2) is 5.90. The summed E-state index contributed by atoms with van der Waals surface area (Å²) < 4.78 is 6.16. The van der Waals surface area contributed by atoms with Gasteiger partial charge in [0.25, 0.3) is 0 Å². The van der Waals surface area contributed by atoms with Gasteiger partial charge in [0.2, 0.25) is 0 Å². The molecule has 7 nitrogen and oxygen atoms in total. The Morgan fingerprint density at radius 2 is 2.10 bits per heavy atom. The number of carboxylic acids is 1. The first-order valence-corrected chi connectivity index (χ1v) is 6.60. The van der Waals surface area contributed by atoms with Crippen molar-refractivity contribution in [2.24, 2.45) is 5.92 Å². The van der Waals surface area contributed by atoms with Crippen LogP contribution >= 0.6 is 0 Å². The number of ether oxygens (including phenoxy) is 1. The zero-order valence-corrected chi connectivity index (χ0v) is 12.1. The third kappa shape index (κ3) is 2.86. The maximum Gasteiger partial charge on any atom is 0.337 e. The van der Waals surface area contributed by atoms with Crippen molar-refractivity contribution in [3.63, 3.8) is 0 Å². The van der Waals surface area contributed by atoms with Crippen LogP contribution in [-0.4, -0.2) is 39.1 Å². The van der Waals surface area contributed by atoms with Gasteiger partial charge >= 0.3 is 11.9 Å². The average molecular weight is 291 g/mol. The number of hydrogen-bond donors (Lipinski definition) is 1. The summed E-state index contributed by atoms with van der Waals surface area (Å²) in [6.07, 6.45) is 0.485. The molecule has 1 heterocycles. The van der Waals surface area contributed by atoms with Gasteiger partial charge < -0.3 is 9.84 Å². The van der Waals surface area contributed by atoms with Crippen LogP contribution in [0.25, 0.3) is 11.0 Å². The maximum atomic E-state index is 12.0. The SMILES string of the molecule is COC(=O)C(CC(C)C)n1nnc2cccc(C(=O)O)c21. The lowest BCUT2D eigenvalue weighted by molar-refractivity contribution is -0.145. The van der Waals surface area contributed by atoms with E-state index < -0.39 is 18.0 Å². The standard InChI is InChI=1S/C14H17N3O4/c1-8(2)7-11(14(20)21-3)17-12-9(13(18)19)5-4-6-10(12)15-16-17/h4-6,8,11H,7H2,1-3H3,(H,18,19). The predicted molar refractivity (Wildman–Crippen MR) is 75.0 cm³/mol. The summed E-state index contributed by atoms with van der Waals surface area (Å²) >= 11 is 0. The number of carbonyl (C=O) groups excluding carboxylic acids is 1. The van der Waals surface area contributed by atoms with E-state index in [1.165, 1.54) is 17.9 Å². The van der Waals surface area contributed by atoms with Crippen molar-refractivity contribution in [3.05, 3.63) is 23.8 Å². The van der Waals surface area contributed by atoms with E-state index in [4.69, 9.17) is 4.74 Å². The fraction of sp³-hybridized carbons (Fsp3) is 0.429. The molecule has 0 saturated heterocycles. The van der Waals surface area contributed by atoms with E-state index in [1.54, 1.807) is 12.1 Å². The lowest BCUT2D eigenvalue weighted by atomic mass is 10.0. The van der Waals surface area contributed by atoms with Gasteiger partial charge in [-0.2, -0.15) is 0 Å². The van der Waals surface area contributed by atoms with Gasteiger partial charge in [-0.15, -0.1) is 5.10 Å². The molecule has 1 N–H and O–H groups in total. The number of methoxy groups -OCH3 is 1. The van der Waals surface area contributed by atoms with E-state index in [9.17, 15) is 14.7 Å². The third-order valence-corrected chi connectivity index (χ3v) is 3.19. The van der Waals surface area contributed by atoms with Crippen molar-refractivity contribution in [2.45, 2.75) is 26.3 Å². The van der Waals surface area contributed by atoms with Crippen molar-refractivity contribution >= 4 is 23.0 Å². The highest BCUT2D eigenvalue weighted by atomic mass is 16.5. The van der Waals surface area contributed by atoms with Crippen LogP contribution < -0.4 is 0 Å². The van der Waals surface area contributed by atoms with Crippen molar-refractivity contribution in [1.29, 1.82) is 0 Å². The van der Waals surface area contributed by atoms with E-state index in [0.29, 0.717) is 17.5 Å². The highest BCUT2D eigenvalue weighted by Crippen LogP contribution is 2.25. The molecule has 0 aliphatic carbocycles. The molecule has 0 amide bonds. The molecule has 1 atom stereocenters. The maximum absolute atomic E-state index is 12.0. The minimum Gasteiger partial charge on any atom is -0.478 e. The minimum atomic E-state index is -1.09. The van der Waals surface area contributed by atoms with Crippen LogP contribution in [0.15, 0.2) is 18.2 Å². The van der Waals surface area contributed by atoms with Gasteiger partial charge in [-0.25, -0.2) is 14.3 Å². The number of para-hydroxylation sites is 1. The number of hydrogen-bond acceptors (Lipinski definition) is 5. The zero-order valence-electron chi connectivity index (χ0n) is 12.1. The predicted octanol–water partition coefficient (Wildman–Crippen LogP) is 1.89. The van der Waals surface area contributed by atoms with Gasteiger partial charge in [0.1, 0.15) is 11.0 Å². The Kier molecular flexibility index (Phi) is 4.21. The molecule has 112 valence electrons. The molecule has 2 rings (SSSR count). The number of aromatic nitrogens is 3. The van der Waals surface area contributed by atoms with Gasteiger partial charge in [0.05, 0.1) is 12.7 Å². The molecule has 0 bridgehead atoms. The van der Waals surface area contributed by atoms with Crippen LogP contribution in [0.3, 0.4) is 0 Å². The molecule has 1 unspecified atom stereocenters. The second-order valence-electron chi connectivity index (χ2n) is 5.18. The summed E-state index contributed by atoms with van der Waals surface area (Å²) in [4.78, 5) is 23.4. The molecule has 7 heteroatoms. The van der Waals surface area contributed by atoms with Crippen molar-refractivity contribution < 1.29 is 19.4 Å². The second-order valence-corrected chi connectivity index (χ2v) is 5.18. The Labute approximate surface area is 121 Å². The van der Waals surface area contributed by atoms with E-state index in [1.807, 2.05) is 13.8 Å².